The Labute approximate surface area is 387 Å². The highest BCUT2D eigenvalue weighted by atomic mass is 35.5. The summed E-state index contributed by atoms with van der Waals surface area (Å²) < 4.78 is 18.7. The minimum atomic E-state index is -0.730. The van der Waals surface area contributed by atoms with E-state index in [0.717, 1.165) is 75.9 Å². The molecule has 344 valence electrons. The van der Waals surface area contributed by atoms with Gasteiger partial charge < -0.3 is 49.2 Å². The number of alkyl carbamates (subject to hydrolysis) is 2. The van der Waals surface area contributed by atoms with Crippen molar-refractivity contribution in [1.29, 1.82) is 0 Å². The van der Waals surface area contributed by atoms with Gasteiger partial charge in [-0.25, -0.2) is 19.6 Å². The summed E-state index contributed by atoms with van der Waals surface area (Å²) in [5, 5.41) is 6.99. The minimum absolute atomic E-state index is 0.136. The Kier molecular flexibility index (Phi) is 12.3. The molecule has 4 N–H and O–H groups in total. The first kappa shape index (κ1) is 44.4. The van der Waals surface area contributed by atoms with E-state index in [0.29, 0.717) is 35.5 Å². The fraction of sp³-hybridized carbons (Fsp3) is 0.388. The lowest BCUT2D eigenvalue weighted by Gasteiger charge is -2.31. The van der Waals surface area contributed by atoms with E-state index in [1.54, 1.807) is 22.2 Å². The number of nitrogens with one attached hydrogen (secondary N) is 4. The van der Waals surface area contributed by atoms with Crippen LogP contribution in [-0.4, -0.2) is 97.7 Å². The predicted octanol–water partition coefficient (Wildman–Crippen LogP) is 8.77. The Morgan fingerprint density at radius 2 is 1.29 bits per heavy atom. The number of imidazole rings is 2. The lowest BCUT2D eigenvalue weighted by atomic mass is 10.0. The zero-order valence-corrected chi connectivity index (χ0v) is 38.5. The monoisotopic (exact) mass is 915 g/mol. The number of rotatable bonds is 11. The zero-order chi connectivity index (χ0) is 46.4. The molecule has 66 heavy (non-hydrogen) atoms. The van der Waals surface area contributed by atoms with Gasteiger partial charge in [0.2, 0.25) is 18.0 Å². The molecule has 3 aliphatic rings. The Morgan fingerprint density at radius 1 is 0.742 bits per heavy atom. The standard InChI is InChI=1S/C49H54ClN9O7/c1-26(2)41(55-48(62)64-5)45(60)57-19-9-13-37(57)43-51-24-34(53-43)28-16-18-36-30(21-28)22-39-32-17-15-29(23-40(32)66-47(59(36)39)31-11-7-8-12-33(31)50)35-25-52-44(54-35)38-14-10-20-58(38)46(61)42(27(3)4)56-49(63)65-6/h7-8,11-12,15-18,21-27,37-38,41-42,47H,9-10,13-14,19-20H2,1-6H3,(H,51,53)(H,52,54)(H,55,62)(H,56,63)/t37-,38-,41-,42-,47?/m0/s1. The fourth-order valence-electron chi connectivity index (χ4n) is 9.60. The molecule has 3 aromatic carbocycles. The van der Waals surface area contributed by atoms with Crippen molar-refractivity contribution in [3.63, 3.8) is 0 Å². The molecule has 6 aromatic rings. The molecule has 0 radical (unpaired) electrons. The van der Waals surface area contributed by atoms with E-state index in [4.69, 9.17) is 35.8 Å². The summed E-state index contributed by atoms with van der Waals surface area (Å²) in [6, 6.07) is 20.2. The van der Waals surface area contributed by atoms with Crippen LogP contribution in [0.4, 0.5) is 9.59 Å². The molecule has 16 nitrogen and oxygen atoms in total. The van der Waals surface area contributed by atoms with E-state index < -0.39 is 30.5 Å². The summed E-state index contributed by atoms with van der Waals surface area (Å²) >= 11 is 6.90. The van der Waals surface area contributed by atoms with Crippen molar-refractivity contribution in [2.24, 2.45) is 11.8 Å². The number of H-pyrrole nitrogens is 2. The molecule has 4 amide bonds. The van der Waals surface area contributed by atoms with E-state index in [-0.39, 0.29) is 35.7 Å². The topological polar surface area (TPSA) is 189 Å². The molecule has 6 heterocycles. The van der Waals surface area contributed by atoms with Crippen molar-refractivity contribution >= 4 is 46.5 Å². The molecule has 0 bridgehead atoms. The highest BCUT2D eigenvalue weighted by molar-refractivity contribution is 6.31. The van der Waals surface area contributed by atoms with E-state index >= 15 is 0 Å². The maximum absolute atomic E-state index is 13.8. The Balaban J connectivity index is 1.01. The van der Waals surface area contributed by atoms with Crippen LogP contribution in [0, 0.1) is 11.8 Å². The predicted molar refractivity (Wildman–Crippen MR) is 248 cm³/mol. The summed E-state index contributed by atoms with van der Waals surface area (Å²) in [6.45, 7) is 8.70. The molecular formula is C49H54ClN9O7. The molecule has 0 spiro atoms. The number of hydrogen-bond donors (Lipinski definition) is 4. The number of carbonyl (C=O) groups is 4. The molecule has 0 aliphatic carbocycles. The number of methoxy groups -OCH3 is 2. The fourth-order valence-corrected chi connectivity index (χ4v) is 9.83. The number of carbonyl (C=O) groups excluding carboxylic acids is 4. The van der Waals surface area contributed by atoms with Gasteiger partial charge in [0.15, 0.2) is 0 Å². The number of aromatic amines is 2. The smallest absolute Gasteiger partial charge is 0.407 e. The lowest BCUT2D eigenvalue weighted by Crippen LogP contribution is -2.51. The van der Waals surface area contributed by atoms with Crippen LogP contribution in [-0.2, 0) is 19.1 Å². The maximum Gasteiger partial charge on any atom is 0.407 e. The summed E-state index contributed by atoms with van der Waals surface area (Å²) in [6.07, 6.45) is 4.82. The number of hydrogen-bond acceptors (Lipinski definition) is 9. The van der Waals surface area contributed by atoms with Crippen LogP contribution in [0.1, 0.15) is 88.9 Å². The first-order valence-electron chi connectivity index (χ1n) is 22.5. The minimum Gasteiger partial charge on any atom is -0.465 e. The van der Waals surface area contributed by atoms with E-state index in [2.05, 4.69) is 55.5 Å². The number of amides is 4. The zero-order valence-electron chi connectivity index (χ0n) is 37.8. The number of ether oxygens (including phenoxy) is 3. The third-order valence-corrected chi connectivity index (χ3v) is 13.4. The average molecular weight is 916 g/mol. The van der Waals surface area contributed by atoms with Crippen LogP contribution >= 0.6 is 11.6 Å². The Bertz CT molecular complexity index is 2810. The van der Waals surface area contributed by atoms with Gasteiger partial charge in [0, 0.05) is 45.8 Å². The molecule has 1 unspecified atom stereocenters. The highest BCUT2D eigenvalue weighted by Crippen LogP contribution is 2.47. The molecule has 2 saturated heterocycles. The number of halogens is 1. The van der Waals surface area contributed by atoms with Crippen molar-refractivity contribution in [1.82, 2.24) is 44.9 Å². The molecule has 0 saturated carbocycles. The quantitative estimate of drug-likeness (QED) is 0.0985. The van der Waals surface area contributed by atoms with E-state index in [1.807, 2.05) is 64.1 Å². The van der Waals surface area contributed by atoms with Crippen molar-refractivity contribution in [3.05, 3.63) is 101 Å². The van der Waals surface area contributed by atoms with Gasteiger partial charge in [-0.3, -0.25) is 9.59 Å². The number of benzene rings is 3. The van der Waals surface area contributed by atoms with Crippen molar-refractivity contribution in [3.8, 4) is 39.5 Å². The Hall–Kier alpha value is -6.81. The molecule has 3 aliphatic heterocycles. The molecule has 17 heteroatoms. The van der Waals surface area contributed by atoms with Crippen molar-refractivity contribution in [2.75, 3.05) is 27.3 Å². The van der Waals surface area contributed by atoms with Gasteiger partial charge in [-0.2, -0.15) is 0 Å². The normalized spacial score (nSPS) is 18.8. The lowest BCUT2D eigenvalue weighted by molar-refractivity contribution is -0.136. The number of aromatic nitrogens is 5. The van der Waals surface area contributed by atoms with Gasteiger partial charge in [0.1, 0.15) is 29.5 Å². The third kappa shape index (κ3) is 8.22. The van der Waals surface area contributed by atoms with Crippen LogP contribution < -0.4 is 15.4 Å². The van der Waals surface area contributed by atoms with Gasteiger partial charge in [-0.05, 0) is 73.9 Å². The van der Waals surface area contributed by atoms with Gasteiger partial charge in [0.05, 0.1) is 61.3 Å². The van der Waals surface area contributed by atoms with Crippen LogP contribution in [0.15, 0.2) is 79.1 Å². The number of nitrogens with zero attached hydrogens (tertiary/aromatic N) is 5. The van der Waals surface area contributed by atoms with Crippen LogP contribution in [0.3, 0.4) is 0 Å². The molecule has 2 fully saturated rings. The second-order valence-electron chi connectivity index (χ2n) is 17.8. The van der Waals surface area contributed by atoms with Crippen molar-refractivity contribution < 1.29 is 33.4 Å². The van der Waals surface area contributed by atoms with Gasteiger partial charge >= 0.3 is 12.2 Å². The van der Waals surface area contributed by atoms with Gasteiger partial charge in [0.25, 0.3) is 0 Å². The van der Waals surface area contributed by atoms with Crippen LogP contribution in [0.5, 0.6) is 5.75 Å². The van der Waals surface area contributed by atoms with Crippen molar-refractivity contribution in [2.45, 2.75) is 83.8 Å². The summed E-state index contributed by atoms with van der Waals surface area (Å²) in [4.78, 5) is 72.0. The first-order valence-corrected chi connectivity index (χ1v) is 22.8. The molecular weight excluding hydrogens is 862 g/mol. The van der Waals surface area contributed by atoms with E-state index in [1.165, 1.54) is 14.2 Å². The summed E-state index contributed by atoms with van der Waals surface area (Å²) in [5.41, 5.74) is 6.99. The Morgan fingerprint density at radius 3 is 1.83 bits per heavy atom. The highest BCUT2D eigenvalue weighted by Gasteiger charge is 2.39. The first-order chi connectivity index (χ1) is 31.8. The number of likely N-dealkylation sites (tertiary alicyclic amines) is 2. The van der Waals surface area contributed by atoms with E-state index in [9.17, 15) is 19.2 Å². The summed E-state index contributed by atoms with van der Waals surface area (Å²) in [5.74, 6) is 1.43. The molecule has 5 atom stereocenters. The number of fused-ring (bicyclic) bond motifs is 5. The third-order valence-electron chi connectivity index (χ3n) is 13.0. The second-order valence-corrected chi connectivity index (χ2v) is 18.2. The van der Waals surface area contributed by atoms with Gasteiger partial charge in [-0.15, -0.1) is 0 Å². The SMILES string of the molecule is COC(=O)N[C@H](C(=O)N1CCC[C@H]1c1ncc(-c2ccc3c(c2)OC(c2ccccc2Cl)n2c-3cc3cc(-c4cnc([C@@H]5CCCN5C(=O)[C@@H](NC(=O)OC)C(C)C)[nH]4)ccc32)[nH]1)C(C)C. The molecule has 3 aromatic heterocycles. The maximum atomic E-state index is 13.8. The average Bonchev–Trinajstić information content (AvgIpc) is 4.18. The van der Waals surface area contributed by atoms with Gasteiger partial charge in [-0.1, -0.05) is 69.6 Å². The largest absolute Gasteiger partial charge is 0.465 e. The van der Waals surface area contributed by atoms with Crippen LogP contribution in [0.25, 0.3) is 44.7 Å². The second kappa shape index (κ2) is 18.2. The van der Waals surface area contributed by atoms with Crippen LogP contribution in [0.2, 0.25) is 5.02 Å². The summed E-state index contributed by atoms with van der Waals surface area (Å²) in [7, 11) is 2.57. The molecule has 9 rings (SSSR count).